The Labute approximate surface area is 118 Å². The first-order chi connectivity index (χ1) is 9.44. The molecular weight excluding hydrogens is 282 g/mol. The van der Waals surface area contributed by atoms with Crippen LogP contribution < -0.4 is 5.32 Å². The molecule has 1 unspecified atom stereocenters. The van der Waals surface area contributed by atoms with Gasteiger partial charge in [0.25, 0.3) is 0 Å². The van der Waals surface area contributed by atoms with E-state index in [4.69, 9.17) is 4.52 Å². The van der Waals surface area contributed by atoms with Crippen molar-refractivity contribution in [2.75, 3.05) is 13.1 Å². The van der Waals surface area contributed by atoms with Gasteiger partial charge in [-0.05, 0) is 13.3 Å². The molecule has 1 aliphatic rings. The van der Waals surface area contributed by atoms with Crippen LogP contribution in [0.15, 0.2) is 10.6 Å². The van der Waals surface area contributed by atoms with Crippen molar-refractivity contribution in [3.8, 4) is 0 Å². The standard InChI is InChI=1S/C12H19N3O4S/c1-3-4-11-12(16)13-5-6-15(11)20(17,18)8-10-7-9(2)14-19-10/h7,11H,3-6,8H2,1-2H3,(H,13,16). The molecule has 1 fully saturated rings. The van der Waals surface area contributed by atoms with Gasteiger partial charge < -0.3 is 9.84 Å². The van der Waals surface area contributed by atoms with Gasteiger partial charge in [0.05, 0.1) is 5.69 Å². The van der Waals surface area contributed by atoms with E-state index in [0.29, 0.717) is 31.0 Å². The number of nitrogens with one attached hydrogen (secondary N) is 1. The number of aromatic nitrogens is 1. The lowest BCUT2D eigenvalue weighted by atomic mass is 10.1. The molecule has 1 amide bonds. The minimum absolute atomic E-state index is 0.226. The van der Waals surface area contributed by atoms with Crippen LogP contribution in [-0.4, -0.2) is 42.9 Å². The fourth-order valence-corrected chi connectivity index (χ4v) is 3.94. The van der Waals surface area contributed by atoms with E-state index < -0.39 is 16.1 Å². The highest BCUT2D eigenvalue weighted by Crippen LogP contribution is 2.19. The molecule has 0 bridgehead atoms. The van der Waals surface area contributed by atoms with Gasteiger partial charge in [-0.15, -0.1) is 0 Å². The lowest BCUT2D eigenvalue weighted by Gasteiger charge is -2.33. The number of rotatable bonds is 5. The summed E-state index contributed by atoms with van der Waals surface area (Å²) in [5, 5.41) is 6.39. The van der Waals surface area contributed by atoms with Gasteiger partial charge in [-0.25, -0.2) is 8.42 Å². The lowest BCUT2D eigenvalue weighted by Crippen LogP contribution is -2.57. The number of carbonyl (C=O) groups is 1. The van der Waals surface area contributed by atoms with Crippen molar-refractivity contribution in [1.29, 1.82) is 0 Å². The fraction of sp³-hybridized carbons (Fsp3) is 0.667. The maximum absolute atomic E-state index is 12.5. The second-order valence-corrected chi connectivity index (χ2v) is 6.82. The number of hydrogen-bond donors (Lipinski definition) is 1. The van der Waals surface area contributed by atoms with Crippen molar-refractivity contribution < 1.29 is 17.7 Å². The Morgan fingerprint density at radius 3 is 2.90 bits per heavy atom. The molecule has 2 rings (SSSR count). The molecule has 0 spiro atoms. The molecular formula is C12H19N3O4S. The second-order valence-electron chi connectivity index (χ2n) is 4.90. The highest BCUT2D eigenvalue weighted by Gasteiger charge is 2.37. The molecule has 112 valence electrons. The minimum atomic E-state index is -3.59. The lowest BCUT2D eigenvalue weighted by molar-refractivity contribution is -0.126. The van der Waals surface area contributed by atoms with Gasteiger partial charge in [0, 0.05) is 19.2 Å². The minimum Gasteiger partial charge on any atom is -0.360 e. The molecule has 0 saturated carbocycles. The average molecular weight is 301 g/mol. The molecule has 2 heterocycles. The zero-order chi connectivity index (χ0) is 14.8. The topological polar surface area (TPSA) is 92.5 Å². The van der Waals surface area contributed by atoms with Gasteiger partial charge in [-0.2, -0.15) is 4.31 Å². The summed E-state index contributed by atoms with van der Waals surface area (Å²) >= 11 is 0. The summed E-state index contributed by atoms with van der Waals surface area (Å²) in [6.45, 7) is 4.29. The average Bonchev–Trinajstić information content (AvgIpc) is 2.76. The van der Waals surface area contributed by atoms with Crippen LogP contribution in [0.3, 0.4) is 0 Å². The predicted octanol–water partition coefficient (Wildman–Crippen LogP) is 0.413. The van der Waals surface area contributed by atoms with Crippen LogP contribution in [0.2, 0.25) is 0 Å². The summed E-state index contributed by atoms with van der Waals surface area (Å²) in [5.74, 6) is -0.194. The maximum atomic E-state index is 12.5. The van der Waals surface area contributed by atoms with E-state index in [1.807, 2.05) is 6.92 Å². The Hall–Kier alpha value is -1.41. The normalized spacial score (nSPS) is 20.9. The van der Waals surface area contributed by atoms with Crippen molar-refractivity contribution in [2.45, 2.75) is 38.5 Å². The molecule has 0 aromatic carbocycles. The van der Waals surface area contributed by atoms with Crippen molar-refractivity contribution in [2.24, 2.45) is 0 Å². The highest BCUT2D eigenvalue weighted by molar-refractivity contribution is 7.88. The molecule has 20 heavy (non-hydrogen) atoms. The van der Waals surface area contributed by atoms with Gasteiger partial charge in [-0.3, -0.25) is 4.79 Å². The first-order valence-corrected chi connectivity index (χ1v) is 8.24. The molecule has 0 radical (unpaired) electrons. The molecule has 1 saturated heterocycles. The first kappa shape index (κ1) is 15.0. The van der Waals surface area contributed by atoms with Gasteiger partial charge >= 0.3 is 0 Å². The van der Waals surface area contributed by atoms with Gasteiger partial charge in [0.1, 0.15) is 11.8 Å². The molecule has 1 atom stereocenters. The van der Waals surface area contributed by atoms with E-state index in [1.165, 1.54) is 4.31 Å². The third-order valence-corrected chi connectivity index (χ3v) is 5.00. The van der Waals surface area contributed by atoms with Gasteiger partial charge in [-0.1, -0.05) is 18.5 Å². The van der Waals surface area contributed by atoms with Gasteiger partial charge in [0.2, 0.25) is 15.9 Å². The van der Waals surface area contributed by atoms with Crippen molar-refractivity contribution in [3.05, 3.63) is 17.5 Å². The SMILES string of the molecule is CCCC1C(=O)NCCN1S(=O)(=O)Cc1cc(C)no1. The van der Waals surface area contributed by atoms with Crippen LogP contribution >= 0.6 is 0 Å². The fourth-order valence-electron chi connectivity index (χ4n) is 2.32. The van der Waals surface area contributed by atoms with Crippen LogP contribution in [0, 0.1) is 6.92 Å². The number of piperazine rings is 1. The Kier molecular flexibility index (Phi) is 4.44. The molecule has 1 aromatic heterocycles. The summed E-state index contributed by atoms with van der Waals surface area (Å²) in [6, 6.07) is 0.971. The van der Waals surface area contributed by atoms with Crippen LogP contribution in [0.4, 0.5) is 0 Å². The first-order valence-electron chi connectivity index (χ1n) is 6.63. The van der Waals surface area contributed by atoms with Crippen LogP contribution in [-0.2, 0) is 20.6 Å². The van der Waals surface area contributed by atoms with Crippen molar-refractivity contribution in [3.63, 3.8) is 0 Å². The number of nitrogens with zero attached hydrogens (tertiary/aromatic N) is 2. The molecule has 0 aliphatic carbocycles. The second kappa shape index (κ2) is 5.92. The number of sulfonamides is 1. The van der Waals surface area contributed by atoms with E-state index in [-0.39, 0.29) is 11.7 Å². The zero-order valence-corrected chi connectivity index (χ0v) is 12.4. The number of carbonyl (C=O) groups excluding carboxylic acids is 1. The van der Waals surface area contributed by atoms with E-state index in [2.05, 4.69) is 10.5 Å². The number of amides is 1. The van der Waals surface area contributed by atoms with E-state index in [9.17, 15) is 13.2 Å². The Morgan fingerprint density at radius 1 is 1.55 bits per heavy atom. The van der Waals surface area contributed by atoms with Crippen LogP contribution in [0.25, 0.3) is 0 Å². The van der Waals surface area contributed by atoms with Crippen LogP contribution in [0.1, 0.15) is 31.2 Å². The molecule has 1 N–H and O–H groups in total. The number of aryl methyl sites for hydroxylation is 1. The Morgan fingerprint density at radius 2 is 2.30 bits per heavy atom. The molecule has 8 heteroatoms. The van der Waals surface area contributed by atoms with E-state index in [1.54, 1.807) is 13.0 Å². The van der Waals surface area contributed by atoms with Crippen molar-refractivity contribution >= 4 is 15.9 Å². The van der Waals surface area contributed by atoms with E-state index >= 15 is 0 Å². The Bertz CT molecular complexity index is 581. The smallest absolute Gasteiger partial charge is 0.238 e. The monoisotopic (exact) mass is 301 g/mol. The summed E-state index contributed by atoms with van der Waals surface area (Å²) in [7, 11) is -3.59. The highest BCUT2D eigenvalue weighted by atomic mass is 32.2. The van der Waals surface area contributed by atoms with E-state index in [0.717, 1.165) is 6.42 Å². The van der Waals surface area contributed by atoms with Gasteiger partial charge in [0.15, 0.2) is 5.76 Å². The quantitative estimate of drug-likeness (QED) is 0.850. The molecule has 1 aliphatic heterocycles. The Balaban J connectivity index is 2.19. The summed E-state index contributed by atoms with van der Waals surface area (Å²) in [4.78, 5) is 11.8. The number of hydrogen-bond acceptors (Lipinski definition) is 5. The molecule has 7 nitrogen and oxygen atoms in total. The molecule has 1 aromatic rings. The predicted molar refractivity (Wildman–Crippen MR) is 72.3 cm³/mol. The summed E-state index contributed by atoms with van der Waals surface area (Å²) in [5.41, 5.74) is 0.636. The largest absolute Gasteiger partial charge is 0.360 e. The third-order valence-electron chi connectivity index (χ3n) is 3.20. The third kappa shape index (κ3) is 3.18. The summed E-state index contributed by atoms with van der Waals surface area (Å²) in [6.07, 6.45) is 1.26. The van der Waals surface area contributed by atoms with Crippen molar-refractivity contribution in [1.82, 2.24) is 14.8 Å². The maximum Gasteiger partial charge on any atom is 0.238 e. The summed E-state index contributed by atoms with van der Waals surface area (Å²) < 4.78 is 31.1. The zero-order valence-electron chi connectivity index (χ0n) is 11.6. The van der Waals surface area contributed by atoms with Crippen LogP contribution in [0.5, 0.6) is 0 Å².